The number of anilines is 2. The van der Waals surface area contributed by atoms with Crippen LogP contribution < -0.4 is 16.0 Å². The maximum atomic E-state index is 12.3. The van der Waals surface area contributed by atoms with Crippen molar-refractivity contribution < 1.29 is 19.5 Å². The summed E-state index contributed by atoms with van der Waals surface area (Å²) in [5.41, 5.74) is 2.55. The number of nitrogens with one attached hydrogen (secondary N) is 3. The summed E-state index contributed by atoms with van der Waals surface area (Å²) < 4.78 is 0. The Morgan fingerprint density at radius 1 is 0.931 bits per heavy atom. The van der Waals surface area contributed by atoms with Crippen molar-refractivity contribution in [1.82, 2.24) is 5.32 Å². The molecule has 1 aliphatic carbocycles. The van der Waals surface area contributed by atoms with Gasteiger partial charge in [-0.1, -0.05) is 25.0 Å². The molecule has 3 amide bonds. The van der Waals surface area contributed by atoms with Crippen molar-refractivity contribution in [2.45, 2.75) is 44.6 Å². The van der Waals surface area contributed by atoms with Crippen molar-refractivity contribution in [2.24, 2.45) is 0 Å². The van der Waals surface area contributed by atoms with Gasteiger partial charge in [-0.15, -0.1) is 0 Å². The summed E-state index contributed by atoms with van der Waals surface area (Å²) in [6, 6.07) is 13.7. The molecule has 0 aromatic heterocycles. The Labute approximate surface area is 169 Å². The van der Waals surface area contributed by atoms with Gasteiger partial charge in [0.05, 0.1) is 0 Å². The summed E-state index contributed by atoms with van der Waals surface area (Å²) in [6.45, 7) is 0. The molecule has 7 nitrogen and oxygen atoms in total. The molecule has 7 heteroatoms. The van der Waals surface area contributed by atoms with Crippen molar-refractivity contribution in [3.05, 3.63) is 59.7 Å². The molecule has 0 spiro atoms. The number of amides is 3. The molecule has 0 bridgehead atoms. The van der Waals surface area contributed by atoms with E-state index in [1.54, 1.807) is 42.5 Å². The predicted molar refractivity (Wildman–Crippen MR) is 111 cm³/mol. The third-order valence-corrected chi connectivity index (χ3v) is 4.91. The van der Waals surface area contributed by atoms with E-state index in [-0.39, 0.29) is 18.4 Å². The van der Waals surface area contributed by atoms with Crippen LogP contribution in [0, 0.1) is 0 Å². The number of carboxylic acid groups (broad SMARTS) is 1. The van der Waals surface area contributed by atoms with E-state index >= 15 is 0 Å². The molecule has 1 fully saturated rings. The Balaban J connectivity index is 1.52. The smallest absolute Gasteiger partial charge is 0.323 e. The highest BCUT2D eigenvalue weighted by molar-refractivity contribution is 6.00. The normalized spacial score (nSPS) is 13.7. The molecule has 1 aliphatic rings. The number of aliphatic carboxylic acids is 1. The lowest BCUT2D eigenvalue weighted by Gasteiger charge is -2.12. The van der Waals surface area contributed by atoms with Crippen molar-refractivity contribution in [1.29, 1.82) is 0 Å². The van der Waals surface area contributed by atoms with E-state index in [2.05, 4.69) is 16.0 Å². The lowest BCUT2D eigenvalue weighted by molar-refractivity contribution is -0.136. The minimum absolute atomic E-state index is 0.0380. The molecule has 2 aromatic carbocycles. The molecule has 0 aliphatic heterocycles. The van der Waals surface area contributed by atoms with Crippen molar-refractivity contribution in [3.8, 4) is 0 Å². The molecule has 4 N–H and O–H groups in total. The van der Waals surface area contributed by atoms with Gasteiger partial charge in [0.1, 0.15) is 0 Å². The van der Waals surface area contributed by atoms with Crippen LogP contribution in [0.25, 0.3) is 0 Å². The van der Waals surface area contributed by atoms with Gasteiger partial charge < -0.3 is 21.1 Å². The minimum Gasteiger partial charge on any atom is -0.481 e. The first-order valence-electron chi connectivity index (χ1n) is 9.79. The van der Waals surface area contributed by atoms with Crippen molar-refractivity contribution >= 4 is 29.3 Å². The van der Waals surface area contributed by atoms with Gasteiger partial charge in [0.25, 0.3) is 5.91 Å². The van der Waals surface area contributed by atoms with E-state index in [1.165, 1.54) is 0 Å². The maximum absolute atomic E-state index is 12.3. The highest BCUT2D eigenvalue weighted by atomic mass is 16.4. The summed E-state index contributed by atoms with van der Waals surface area (Å²) >= 11 is 0. The fraction of sp³-hybridized carbons (Fsp3) is 0.318. The number of carboxylic acids is 1. The van der Waals surface area contributed by atoms with E-state index in [0.717, 1.165) is 31.2 Å². The standard InChI is InChI=1S/C22H25N3O4/c26-20(27)13-8-15-4-3-7-19(14-15)25-22(29)24-18-11-9-16(10-12-18)21(28)23-17-5-1-2-6-17/h3-4,7,9-12,14,17H,1-2,5-6,8,13H2,(H,23,28)(H,26,27)(H2,24,25,29). The number of rotatable bonds is 7. The Morgan fingerprint density at radius 3 is 2.31 bits per heavy atom. The van der Waals surface area contributed by atoms with Crippen molar-refractivity contribution in [2.75, 3.05) is 10.6 Å². The first-order valence-corrected chi connectivity index (χ1v) is 9.79. The van der Waals surface area contributed by atoms with Gasteiger partial charge in [-0.05, 0) is 61.2 Å². The fourth-order valence-electron chi connectivity index (χ4n) is 3.39. The van der Waals surface area contributed by atoms with Crippen LogP contribution in [0.15, 0.2) is 48.5 Å². The topological polar surface area (TPSA) is 108 Å². The Morgan fingerprint density at radius 2 is 1.62 bits per heavy atom. The second kappa shape index (κ2) is 9.73. The van der Waals surface area contributed by atoms with Crippen LogP contribution in [-0.2, 0) is 11.2 Å². The molecule has 0 radical (unpaired) electrons. The number of carbonyl (C=O) groups excluding carboxylic acids is 2. The molecule has 152 valence electrons. The third kappa shape index (κ3) is 6.34. The van der Waals surface area contributed by atoms with E-state index in [9.17, 15) is 14.4 Å². The van der Waals surface area contributed by atoms with E-state index < -0.39 is 12.0 Å². The lowest BCUT2D eigenvalue weighted by atomic mass is 10.1. The number of aryl methyl sites for hydroxylation is 1. The minimum atomic E-state index is -0.860. The van der Waals surface area contributed by atoms with Crippen molar-refractivity contribution in [3.63, 3.8) is 0 Å². The largest absolute Gasteiger partial charge is 0.481 e. The van der Waals surface area contributed by atoms with E-state index in [0.29, 0.717) is 23.4 Å². The summed E-state index contributed by atoms with van der Waals surface area (Å²) in [7, 11) is 0. The fourth-order valence-corrected chi connectivity index (χ4v) is 3.39. The van der Waals surface area contributed by atoms with Crippen LogP contribution in [0.2, 0.25) is 0 Å². The zero-order valence-corrected chi connectivity index (χ0v) is 16.1. The summed E-state index contributed by atoms with van der Waals surface area (Å²) in [4.78, 5) is 35.2. The first-order chi connectivity index (χ1) is 14.0. The SMILES string of the molecule is O=C(O)CCc1cccc(NC(=O)Nc2ccc(C(=O)NC3CCCC3)cc2)c1. The van der Waals surface area contributed by atoms with Gasteiger partial charge in [-0.3, -0.25) is 9.59 Å². The second-order valence-electron chi connectivity index (χ2n) is 7.21. The van der Waals surface area contributed by atoms with Gasteiger partial charge >= 0.3 is 12.0 Å². The molecule has 0 atom stereocenters. The van der Waals surface area contributed by atoms with E-state index in [1.807, 2.05) is 6.07 Å². The summed E-state index contributed by atoms with van der Waals surface area (Å²) in [5.74, 6) is -0.951. The molecule has 29 heavy (non-hydrogen) atoms. The molecular weight excluding hydrogens is 370 g/mol. The molecule has 0 saturated heterocycles. The van der Waals surface area contributed by atoms with Crippen LogP contribution in [0.1, 0.15) is 48.0 Å². The predicted octanol–water partition coefficient (Wildman–Crippen LogP) is 4.02. The van der Waals surface area contributed by atoms with Gasteiger partial charge in [0.15, 0.2) is 0 Å². The first kappa shape index (κ1) is 20.4. The molecule has 0 heterocycles. The average molecular weight is 395 g/mol. The molecule has 2 aromatic rings. The quantitative estimate of drug-likeness (QED) is 0.568. The number of hydrogen-bond donors (Lipinski definition) is 4. The van der Waals surface area contributed by atoms with Gasteiger partial charge in [-0.2, -0.15) is 0 Å². The monoisotopic (exact) mass is 395 g/mol. The van der Waals surface area contributed by atoms with Crippen LogP contribution in [0.5, 0.6) is 0 Å². The van der Waals surface area contributed by atoms with Crippen LogP contribution in [-0.4, -0.2) is 29.1 Å². The number of urea groups is 1. The average Bonchev–Trinajstić information content (AvgIpc) is 3.20. The highest BCUT2D eigenvalue weighted by Gasteiger charge is 2.17. The number of benzene rings is 2. The Kier molecular flexibility index (Phi) is 6.84. The zero-order valence-electron chi connectivity index (χ0n) is 16.1. The third-order valence-electron chi connectivity index (χ3n) is 4.91. The van der Waals surface area contributed by atoms with Gasteiger partial charge in [0.2, 0.25) is 0 Å². The molecule has 0 unspecified atom stereocenters. The lowest BCUT2D eigenvalue weighted by Crippen LogP contribution is -2.32. The number of hydrogen-bond acceptors (Lipinski definition) is 3. The van der Waals surface area contributed by atoms with E-state index in [4.69, 9.17) is 5.11 Å². The van der Waals surface area contributed by atoms with Gasteiger partial charge in [-0.25, -0.2) is 4.79 Å². The zero-order chi connectivity index (χ0) is 20.6. The molecule has 1 saturated carbocycles. The summed E-state index contributed by atoms with van der Waals surface area (Å²) in [5, 5.41) is 17.3. The Hall–Kier alpha value is -3.35. The highest BCUT2D eigenvalue weighted by Crippen LogP contribution is 2.19. The van der Waals surface area contributed by atoms with Crippen LogP contribution >= 0.6 is 0 Å². The number of carbonyl (C=O) groups is 3. The maximum Gasteiger partial charge on any atom is 0.323 e. The van der Waals surface area contributed by atoms with Crippen LogP contribution in [0.4, 0.5) is 16.2 Å². The molecule has 3 rings (SSSR count). The summed E-state index contributed by atoms with van der Waals surface area (Å²) in [6.07, 6.45) is 4.82. The second-order valence-corrected chi connectivity index (χ2v) is 7.21. The molecular formula is C22H25N3O4. The van der Waals surface area contributed by atoms with Crippen LogP contribution in [0.3, 0.4) is 0 Å². The Bertz CT molecular complexity index is 874. The van der Waals surface area contributed by atoms with Gasteiger partial charge in [0, 0.05) is 29.4 Å².